The number of benzene rings is 1. The standard InChI is InChI=1S/C17H22ClN3/c1-12(2)16-8-14(10-19)9-17(20-16)21(3)11-13-4-6-15(18)7-5-13/h4-9,12H,10-11,19H2,1-3H3. The Morgan fingerprint density at radius 2 is 1.81 bits per heavy atom. The fraction of sp³-hybridized carbons (Fsp3) is 0.353. The fourth-order valence-corrected chi connectivity index (χ4v) is 2.27. The molecule has 0 saturated heterocycles. The highest BCUT2D eigenvalue weighted by atomic mass is 35.5. The second kappa shape index (κ2) is 6.92. The summed E-state index contributed by atoms with van der Waals surface area (Å²) in [6.45, 7) is 5.61. The van der Waals surface area contributed by atoms with Crippen LogP contribution in [0.3, 0.4) is 0 Å². The van der Waals surface area contributed by atoms with Gasteiger partial charge in [0.15, 0.2) is 0 Å². The molecule has 4 heteroatoms. The third-order valence-corrected chi connectivity index (χ3v) is 3.69. The van der Waals surface area contributed by atoms with Crippen molar-refractivity contribution < 1.29 is 0 Å². The molecule has 0 aliphatic carbocycles. The maximum Gasteiger partial charge on any atom is 0.129 e. The van der Waals surface area contributed by atoms with Gasteiger partial charge in [-0.3, -0.25) is 0 Å². The van der Waals surface area contributed by atoms with Crippen LogP contribution in [0.25, 0.3) is 0 Å². The molecule has 1 heterocycles. The van der Waals surface area contributed by atoms with Crippen LogP contribution in [0.2, 0.25) is 5.02 Å². The first-order valence-electron chi connectivity index (χ1n) is 7.16. The molecule has 112 valence electrons. The van der Waals surface area contributed by atoms with E-state index >= 15 is 0 Å². The van der Waals surface area contributed by atoms with Crippen molar-refractivity contribution >= 4 is 17.4 Å². The summed E-state index contributed by atoms with van der Waals surface area (Å²) < 4.78 is 0. The molecule has 1 aromatic carbocycles. The van der Waals surface area contributed by atoms with Crippen molar-refractivity contribution in [2.45, 2.75) is 32.9 Å². The van der Waals surface area contributed by atoms with Crippen LogP contribution in [0, 0.1) is 0 Å². The van der Waals surface area contributed by atoms with E-state index in [2.05, 4.69) is 30.9 Å². The zero-order valence-corrected chi connectivity index (χ0v) is 13.6. The topological polar surface area (TPSA) is 42.1 Å². The Hall–Kier alpha value is -1.58. The molecule has 0 atom stereocenters. The molecule has 0 radical (unpaired) electrons. The molecular weight excluding hydrogens is 282 g/mol. The first-order valence-corrected chi connectivity index (χ1v) is 7.54. The average Bonchev–Trinajstić information content (AvgIpc) is 2.49. The van der Waals surface area contributed by atoms with Gasteiger partial charge in [-0.05, 0) is 41.3 Å². The summed E-state index contributed by atoms with van der Waals surface area (Å²) in [5, 5.41) is 0.756. The van der Waals surface area contributed by atoms with E-state index in [1.807, 2.05) is 31.3 Å². The normalized spacial score (nSPS) is 11.0. The van der Waals surface area contributed by atoms with Gasteiger partial charge in [0.2, 0.25) is 0 Å². The van der Waals surface area contributed by atoms with Gasteiger partial charge in [0.05, 0.1) is 0 Å². The number of halogens is 1. The number of nitrogens with zero attached hydrogens (tertiary/aromatic N) is 2. The summed E-state index contributed by atoms with van der Waals surface area (Å²) in [5.74, 6) is 1.34. The summed E-state index contributed by atoms with van der Waals surface area (Å²) in [6, 6.07) is 12.0. The Morgan fingerprint density at radius 3 is 2.38 bits per heavy atom. The van der Waals surface area contributed by atoms with E-state index in [4.69, 9.17) is 22.3 Å². The van der Waals surface area contributed by atoms with Crippen molar-refractivity contribution in [3.05, 3.63) is 58.2 Å². The molecule has 0 unspecified atom stereocenters. The second-order valence-corrected chi connectivity index (χ2v) is 6.04. The zero-order valence-electron chi connectivity index (χ0n) is 12.8. The molecule has 2 N–H and O–H groups in total. The number of rotatable bonds is 5. The lowest BCUT2D eigenvalue weighted by atomic mass is 10.1. The lowest BCUT2D eigenvalue weighted by Crippen LogP contribution is -2.19. The van der Waals surface area contributed by atoms with Crippen molar-refractivity contribution in [3.8, 4) is 0 Å². The van der Waals surface area contributed by atoms with E-state index in [9.17, 15) is 0 Å². The van der Waals surface area contributed by atoms with Crippen LogP contribution in [0.5, 0.6) is 0 Å². The smallest absolute Gasteiger partial charge is 0.129 e. The average molecular weight is 304 g/mol. The Morgan fingerprint density at radius 1 is 1.14 bits per heavy atom. The third-order valence-electron chi connectivity index (χ3n) is 3.44. The lowest BCUT2D eigenvalue weighted by Gasteiger charge is -2.21. The molecule has 21 heavy (non-hydrogen) atoms. The van der Waals surface area contributed by atoms with Crippen LogP contribution in [0.15, 0.2) is 36.4 Å². The quantitative estimate of drug-likeness (QED) is 0.909. The molecule has 0 spiro atoms. The van der Waals surface area contributed by atoms with Crippen LogP contribution in [0.1, 0.15) is 36.6 Å². The molecule has 1 aromatic heterocycles. The molecule has 0 aliphatic heterocycles. The fourth-order valence-electron chi connectivity index (χ4n) is 2.15. The van der Waals surface area contributed by atoms with Crippen LogP contribution in [-0.4, -0.2) is 12.0 Å². The Labute approximate surface area is 131 Å². The van der Waals surface area contributed by atoms with Gasteiger partial charge in [-0.1, -0.05) is 37.6 Å². The highest BCUT2D eigenvalue weighted by Gasteiger charge is 2.09. The van der Waals surface area contributed by atoms with Gasteiger partial charge in [0.25, 0.3) is 0 Å². The Bertz CT molecular complexity index is 593. The van der Waals surface area contributed by atoms with Gasteiger partial charge < -0.3 is 10.6 Å². The summed E-state index contributed by atoms with van der Waals surface area (Å²) in [6.07, 6.45) is 0. The van der Waals surface area contributed by atoms with E-state index in [-0.39, 0.29) is 0 Å². The molecule has 2 aromatic rings. The van der Waals surface area contributed by atoms with Gasteiger partial charge in [-0.15, -0.1) is 0 Å². The summed E-state index contributed by atoms with van der Waals surface area (Å²) in [4.78, 5) is 6.87. The molecule has 0 saturated carbocycles. The van der Waals surface area contributed by atoms with Gasteiger partial charge in [0.1, 0.15) is 5.82 Å². The SMILES string of the molecule is CC(C)c1cc(CN)cc(N(C)Cc2ccc(Cl)cc2)n1. The number of pyridine rings is 1. The molecule has 0 bridgehead atoms. The van der Waals surface area contributed by atoms with Gasteiger partial charge in [0, 0.05) is 30.9 Å². The third kappa shape index (κ3) is 4.19. The Kier molecular flexibility index (Phi) is 5.21. The van der Waals surface area contributed by atoms with Crippen LogP contribution >= 0.6 is 11.6 Å². The Balaban J connectivity index is 2.23. The highest BCUT2D eigenvalue weighted by Crippen LogP contribution is 2.21. The number of hydrogen-bond acceptors (Lipinski definition) is 3. The maximum absolute atomic E-state index is 5.92. The monoisotopic (exact) mass is 303 g/mol. The summed E-state index contributed by atoms with van der Waals surface area (Å²) in [5.41, 5.74) is 9.19. The van der Waals surface area contributed by atoms with Gasteiger partial charge >= 0.3 is 0 Å². The van der Waals surface area contributed by atoms with Crippen molar-refractivity contribution in [2.75, 3.05) is 11.9 Å². The van der Waals surface area contributed by atoms with Crippen LogP contribution in [-0.2, 0) is 13.1 Å². The van der Waals surface area contributed by atoms with E-state index in [0.29, 0.717) is 12.5 Å². The largest absolute Gasteiger partial charge is 0.355 e. The van der Waals surface area contributed by atoms with E-state index in [1.54, 1.807) is 0 Å². The van der Waals surface area contributed by atoms with Gasteiger partial charge in [-0.25, -0.2) is 4.98 Å². The number of anilines is 1. The van der Waals surface area contributed by atoms with Crippen LogP contribution in [0.4, 0.5) is 5.82 Å². The van der Waals surface area contributed by atoms with Crippen molar-refractivity contribution in [1.29, 1.82) is 0 Å². The molecule has 0 amide bonds. The molecule has 0 aliphatic rings. The number of aromatic nitrogens is 1. The first-order chi connectivity index (χ1) is 9.99. The molecule has 3 nitrogen and oxygen atoms in total. The zero-order chi connectivity index (χ0) is 15.4. The van der Waals surface area contributed by atoms with Crippen molar-refractivity contribution in [2.24, 2.45) is 5.73 Å². The first kappa shape index (κ1) is 15.8. The maximum atomic E-state index is 5.92. The van der Waals surface area contributed by atoms with E-state index in [1.165, 1.54) is 5.56 Å². The second-order valence-electron chi connectivity index (χ2n) is 5.60. The van der Waals surface area contributed by atoms with E-state index in [0.717, 1.165) is 28.6 Å². The van der Waals surface area contributed by atoms with E-state index < -0.39 is 0 Å². The van der Waals surface area contributed by atoms with Crippen molar-refractivity contribution in [3.63, 3.8) is 0 Å². The summed E-state index contributed by atoms with van der Waals surface area (Å²) in [7, 11) is 2.04. The number of hydrogen-bond donors (Lipinski definition) is 1. The van der Waals surface area contributed by atoms with Crippen molar-refractivity contribution in [1.82, 2.24) is 4.98 Å². The minimum absolute atomic E-state index is 0.388. The van der Waals surface area contributed by atoms with Crippen LogP contribution < -0.4 is 10.6 Å². The number of nitrogens with two attached hydrogens (primary N) is 1. The lowest BCUT2D eigenvalue weighted by molar-refractivity contribution is 0.800. The molecular formula is C17H22ClN3. The predicted octanol–water partition coefficient (Wildman–Crippen LogP) is 3.95. The minimum Gasteiger partial charge on any atom is -0.355 e. The van der Waals surface area contributed by atoms with Gasteiger partial charge in [-0.2, -0.15) is 0 Å². The minimum atomic E-state index is 0.388. The molecule has 0 fully saturated rings. The molecule has 2 rings (SSSR count). The predicted molar refractivity (Wildman–Crippen MR) is 89.8 cm³/mol. The summed E-state index contributed by atoms with van der Waals surface area (Å²) >= 11 is 5.92. The highest BCUT2D eigenvalue weighted by molar-refractivity contribution is 6.30.